The smallest absolute Gasteiger partial charge is 0.161 e. The number of halogens is 3. The lowest BCUT2D eigenvalue weighted by atomic mass is 10.1. The molecule has 3 heteroatoms. The van der Waals surface area contributed by atoms with Crippen molar-refractivity contribution in [3.8, 4) is 0 Å². The molecule has 0 saturated heterocycles. The first-order valence-corrected chi connectivity index (χ1v) is 5.28. The monoisotopic (exact) mass is 216 g/mol. The Hall–Kier alpha value is -0.990. The lowest BCUT2D eigenvalue weighted by molar-refractivity contribution is 0.488. The molecule has 1 rings (SSSR count). The quantitative estimate of drug-likeness (QED) is 0.510. The Morgan fingerprint density at radius 3 is 2.20 bits per heavy atom. The molecule has 15 heavy (non-hydrogen) atoms. The summed E-state index contributed by atoms with van der Waals surface area (Å²) >= 11 is 0. The standard InChI is InChI=1S/C12H15F3/c1-2-3-4-5-6-9-7-11(14)12(15)8-10(9)13/h7-8H,2-6H2,1H3. The number of hydrogen-bond donors (Lipinski definition) is 0. The van der Waals surface area contributed by atoms with E-state index in [2.05, 4.69) is 6.92 Å². The molecular weight excluding hydrogens is 201 g/mol. The van der Waals surface area contributed by atoms with Gasteiger partial charge in [-0.15, -0.1) is 0 Å². The maximum atomic E-state index is 13.1. The Kier molecular flexibility index (Phi) is 4.66. The highest BCUT2D eigenvalue weighted by molar-refractivity contribution is 5.20. The fourth-order valence-corrected chi connectivity index (χ4v) is 1.50. The van der Waals surface area contributed by atoms with Gasteiger partial charge in [-0.2, -0.15) is 0 Å². The van der Waals surface area contributed by atoms with Crippen molar-refractivity contribution in [2.45, 2.75) is 39.0 Å². The second-order valence-electron chi connectivity index (χ2n) is 3.67. The molecule has 0 bridgehead atoms. The predicted molar refractivity (Wildman–Crippen MR) is 54.2 cm³/mol. The SMILES string of the molecule is CCCCCCc1cc(F)c(F)cc1F. The Bertz CT molecular complexity index is 321. The summed E-state index contributed by atoms with van der Waals surface area (Å²) in [5.41, 5.74) is 0.269. The van der Waals surface area contributed by atoms with Crippen LogP contribution in [0.15, 0.2) is 12.1 Å². The highest BCUT2D eigenvalue weighted by Gasteiger charge is 2.08. The molecule has 0 amide bonds. The third kappa shape index (κ3) is 3.57. The normalized spacial score (nSPS) is 10.7. The van der Waals surface area contributed by atoms with Gasteiger partial charge in [0.25, 0.3) is 0 Å². The van der Waals surface area contributed by atoms with Crippen LogP contribution < -0.4 is 0 Å². The molecule has 0 aliphatic carbocycles. The van der Waals surface area contributed by atoms with Crippen molar-refractivity contribution < 1.29 is 13.2 Å². The fraction of sp³-hybridized carbons (Fsp3) is 0.500. The van der Waals surface area contributed by atoms with Crippen LogP contribution in [-0.4, -0.2) is 0 Å². The van der Waals surface area contributed by atoms with E-state index in [1.165, 1.54) is 0 Å². The van der Waals surface area contributed by atoms with Crippen LogP contribution in [0, 0.1) is 17.5 Å². The van der Waals surface area contributed by atoms with E-state index < -0.39 is 17.5 Å². The minimum atomic E-state index is -1.12. The zero-order valence-electron chi connectivity index (χ0n) is 8.82. The largest absolute Gasteiger partial charge is 0.207 e. The van der Waals surface area contributed by atoms with Crippen LogP contribution in [0.2, 0.25) is 0 Å². The van der Waals surface area contributed by atoms with E-state index in [1.807, 2.05) is 0 Å². The molecule has 0 N–H and O–H groups in total. The van der Waals surface area contributed by atoms with Gasteiger partial charge in [0.2, 0.25) is 0 Å². The van der Waals surface area contributed by atoms with Gasteiger partial charge in [-0.3, -0.25) is 0 Å². The van der Waals surface area contributed by atoms with Crippen molar-refractivity contribution in [3.05, 3.63) is 35.1 Å². The van der Waals surface area contributed by atoms with Gasteiger partial charge in [0.15, 0.2) is 11.6 Å². The second kappa shape index (κ2) is 5.79. The van der Waals surface area contributed by atoms with Gasteiger partial charge in [-0.1, -0.05) is 26.2 Å². The summed E-state index contributed by atoms with van der Waals surface area (Å²) in [7, 11) is 0. The molecule has 0 unspecified atom stereocenters. The summed E-state index contributed by atoms with van der Waals surface area (Å²) in [6, 6.07) is 1.57. The van der Waals surface area contributed by atoms with Crippen LogP contribution in [0.1, 0.15) is 38.2 Å². The van der Waals surface area contributed by atoms with Crippen molar-refractivity contribution in [1.82, 2.24) is 0 Å². The molecule has 0 spiro atoms. The molecule has 0 saturated carbocycles. The maximum absolute atomic E-state index is 13.1. The first-order valence-electron chi connectivity index (χ1n) is 5.28. The molecule has 0 radical (unpaired) electrons. The topological polar surface area (TPSA) is 0 Å². The number of hydrogen-bond acceptors (Lipinski definition) is 0. The minimum absolute atomic E-state index is 0.269. The van der Waals surface area contributed by atoms with Gasteiger partial charge in [-0.05, 0) is 24.5 Å². The lowest BCUT2D eigenvalue weighted by Crippen LogP contribution is -1.95. The Morgan fingerprint density at radius 1 is 0.867 bits per heavy atom. The van der Waals surface area contributed by atoms with Gasteiger partial charge in [0.1, 0.15) is 5.82 Å². The van der Waals surface area contributed by atoms with Crippen LogP contribution in [0.3, 0.4) is 0 Å². The van der Waals surface area contributed by atoms with Crippen molar-refractivity contribution in [2.75, 3.05) is 0 Å². The Morgan fingerprint density at radius 2 is 1.53 bits per heavy atom. The zero-order chi connectivity index (χ0) is 11.3. The summed E-state index contributed by atoms with van der Waals surface area (Å²) in [5.74, 6) is -2.74. The van der Waals surface area contributed by atoms with Gasteiger partial charge in [-0.25, -0.2) is 13.2 Å². The van der Waals surface area contributed by atoms with E-state index in [-0.39, 0.29) is 5.56 Å². The van der Waals surface area contributed by atoms with Crippen LogP contribution in [0.4, 0.5) is 13.2 Å². The van der Waals surface area contributed by atoms with Crippen molar-refractivity contribution in [1.29, 1.82) is 0 Å². The zero-order valence-corrected chi connectivity index (χ0v) is 8.82. The van der Waals surface area contributed by atoms with Crippen molar-refractivity contribution in [3.63, 3.8) is 0 Å². The Labute approximate surface area is 88.1 Å². The summed E-state index contributed by atoms with van der Waals surface area (Å²) in [5, 5.41) is 0. The predicted octanol–water partition coefficient (Wildman–Crippen LogP) is 4.23. The molecule has 0 aliphatic rings. The third-order valence-corrected chi connectivity index (χ3v) is 2.39. The molecule has 0 atom stereocenters. The first kappa shape index (κ1) is 12.1. The highest BCUT2D eigenvalue weighted by Crippen LogP contribution is 2.16. The number of rotatable bonds is 5. The Balaban J connectivity index is 2.57. The van der Waals surface area contributed by atoms with Crippen LogP contribution in [-0.2, 0) is 6.42 Å². The molecule has 84 valence electrons. The first-order chi connectivity index (χ1) is 7.15. The number of benzene rings is 1. The highest BCUT2D eigenvalue weighted by atomic mass is 19.2. The van der Waals surface area contributed by atoms with Gasteiger partial charge < -0.3 is 0 Å². The fourth-order valence-electron chi connectivity index (χ4n) is 1.50. The van der Waals surface area contributed by atoms with E-state index in [1.54, 1.807) is 0 Å². The van der Waals surface area contributed by atoms with Gasteiger partial charge in [0.05, 0.1) is 0 Å². The number of aryl methyl sites for hydroxylation is 1. The van der Waals surface area contributed by atoms with Crippen LogP contribution in [0.5, 0.6) is 0 Å². The van der Waals surface area contributed by atoms with E-state index in [0.29, 0.717) is 12.5 Å². The van der Waals surface area contributed by atoms with Crippen molar-refractivity contribution in [2.24, 2.45) is 0 Å². The molecule has 1 aromatic carbocycles. The molecule has 0 nitrogen and oxygen atoms in total. The van der Waals surface area contributed by atoms with Crippen molar-refractivity contribution >= 4 is 0 Å². The molecule has 0 aliphatic heterocycles. The summed E-state index contributed by atoms with van der Waals surface area (Å²) < 4.78 is 38.5. The molecule has 0 aromatic heterocycles. The lowest BCUT2D eigenvalue weighted by Gasteiger charge is -2.03. The van der Waals surface area contributed by atoms with Gasteiger partial charge in [0, 0.05) is 6.07 Å². The third-order valence-electron chi connectivity index (χ3n) is 2.39. The average molecular weight is 216 g/mol. The molecular formula is C12H15F3. The van der Waals surface area contributed by atoms with E-state index in [9.17, 15) is 13.2 Å². The number of unbranched alkanes of at least 4 members (excludes halogenated alkanes) is 3. The van der Waals surface area contributed by atoms with E-state index in [4.69, 9.17) is 0 Å². The summed E-state index contributed by atoms with van der Waals surface area (Å²) in [6.07, 6.45) is 4.47. The average Bonchev–Trinajstić information content (AvgIpc) is 2.20. The van der Waals surface area contributed by atoms with E-state index >= 15 is 0 Å². The molecule has 0 heterocycles. The summed E-state index contributed by atoms with van der Waals surface area (Å²) in [6.45, 7) is 2.08. The molecule has 0 fully saturated rings. The minimum Gasteiger partial charge on any atom is -0.207 e. The summed E-state index contributed by atoms with van der Waals surface area (Å²) in [4.78, 5) is 0. The van der Waals surface area contributed by atoms with E-state index in [0.717, 1.165) is 31.7 Å². The maximum Gasteiger partial charge on any atom is 0.161 e. The second-order valence-corrected chi connectivity index (χ2v) is 3.67. The van der Waals surface area contributed by atoms with Gasteiger partial charge >= 0.3 is 0 Å². The van der Waals surface area contributed by atoms with Crippen LogP contribution >= 0.6 is 0 Å². The molecule has 1 aromatic rings. The van der Waals surface area contributed by atoms with Crippen LogP contribution in [0.25, 0.3) is 0 Å².